The molecule has 0 aliphatic carbocycles. The molecule has 2 N–H and O–H groups in total. The van der Waals surface area contributed by atoms with Crippen LogP contribution in [0.2, 0.25) is 0 Å². The fraction of sp³-hybridized carbons (Fsp3) is 0.105. The van der Waals surface area contributed by atoms with E-state index in [1.807, 2.05) is 86.6 Å². The molecular formula is C38H32N2O2. The van der Waals surface area contributed by atoms with Gasteiger partial charge in [-0.3, -0.25) is 9.59 Å². The summed E-state index contributed by atoms with van der Waals surface area (Å²) in [5.41, 5.74) is 7.72. The highest BCUT2D eigenvalue weighted by Crippen LogP contribution is 2.29. The minimum Gasteiger partial charge on any atom is -0.326 e. The van der Waals surface area contributed by atoms with Gasteiger partial charge in [-0.05, 0) is 93.0 Å². The lowest BCUT2D eigenvalue weighted by atomic mass is 9.99. The van der Waals surface area contributed by atoms with Crippen LogP contribution in [0.3, 0.4) is 0 Å². The topological polar surface area (TPSA) is 58.2 Å². The Hall–Kier alpha value is -5.22. The molecule has 0 saturated carbocycles. The van der Waals surface area contributed by atoms with E-state index in [1.54, 1.807) is 0 Å². The van der Waals surface area contributed by atoms with Crippen molar-refractivity contribution in [1.29, 1.82) is 0 Å². The molecular weight excluding hydrogens is 516 g/mol. The van der Waals surface area contributed by atoms with Crippen LogP contribution in [0.4, 0.5) is 11.4 Å². The Morgan fingerprint density at radius 2 is 0.905 bits per heavy atom. The standard InChI is InChI=1S/C38H32N2O2/c1-25-21-29(17-19-35(25)39-37(41)23-31-13-7-11-27-9-3-5-15-33(27)31)30-18-20-36(26(2)22-30)40-38(42)24-32-14-8-12-28-10-4-6-16-34(28)32/h3-22H,23-24H2,1-2H3,(H,39,41)(H,40,42). The molecule has 0 aliphatic rings. The van der Waals surface area contributed by atoms with E-state index in [1.165, 1.54) is 0 Å². The fourth-order valence-corrected chi connectivity index (χ4v) is 5.59. The van der Waals surface area contributed by atoms with Crippen LogP contribution in [-0.2, 0) is 22.4 Å². The molecule has 0 radical (unpaired) electrons. The van der Waals surface area contributed by atoms with Crippen LogP contribution >= 0.6 is 0 Å². The number of anilines is 2. The third-order valence-electron chi connectivity index (χ3n) is 7.80. The van der Waals surface area contributed by atoms with Crippen LogP contribution in [0.1, 0.15) is 22.3 Å². The molecule has 0 saturated heterocycles. The molecule has 4 heteroatoms. The van der Waals surface area contributed by atoms with E-state index in [9.17, 15) is 9.59 Å². The number of aryl methyl sites for hydroxylation is 2. The zero-order valence-corrected chi connectivity index (χ0v) is 23.8. The molecule has 6 aromatic carbocycles. The first-order valence-corrected chi connectivity index (χ1v) is 14.2. The van der Waals surface area contributed by atoms with Gasteiger partial charge in [-0.2, -0.15) is 0 Å². The third kappa shape index (κ3) is 5.79. The number of carbonyl (C=O) groups excluding carboxylic acids is 2. The maximum atomic E-state index is 12.9. The van der Waals surface area contributed by atoms with Crippen molar-refractivity contribution >= 4 is 44.7 Å². The Balaban J connectivity index is 1.12. The minimum absolute atomic E-state index is 0.0401. The summed E-state index contributed by atoms with van der Waals surface area (Å²) in [6, 6.07) is 40.5. The predicted molar refractivity (Wildman–Crippen MR) is 174 cm³/mol. The molecule has 0 bridgehead atoms. The van der Waals surface area contributed by atoms with Gasteiger partial charge in [-0.1, -0.05) is 97.1 Å². The van der Waals surface area contributed by atoms with E-state index in [4.69, 9.17) is 0 Å². The molecule has 0 atom stereocenters. The molecule has 0 unspecified atom stereocenters. The monoisotopic (exact) mass is 548 g/mol. The molecule has 0 fully saturated rings. The molecule has 0 aliphatic heterocycles. The second kappa shape index (κ2) is 11.7. The molecule has 2 amide bonds. The summed E-state index contributed by atoms with van der Waals surface area (Å²) in [6.45, 7) is 4.01. The molecule has 42 heavy (non-hydrogen) atoms. The van der Waals surface area contributed by atoms with Crippen molar-refractivity contribution in [1.82, 2.24) is 0 Å². The summed E-state index contributed by atoms with van der Waals surface area (Å²) >= 11 is 0. The van der Waals surface area contributed by atoms with Crippen LogP contribution in [0.25, 0.3) is 32.7 Å². The van der Waals surface area contributed by atoms with Gasteiger partial charge in [0.15, 0.2) is 0 Å². The maximum Gasteiger partial charge on any atom is 0.228 e. The zero-order valence-electron chi connectivity index (χ0n) is 23.8. The van der Waals surface area contributed by atoms with Crippen molar-refractivity contribution in [2.24, 2.45) is 0 Å². The summed E-state index contributed by atoms with van der Waals surface area (Å²) in [6.07, 6.45) is 0.630. The number of hydrogen-bond donors (Lipinski definition) is 2. The number of carbonyl (C=O) groups is 2. The van der Waals surface area contributed by atoms with Gasteiger partial charge in [0, 0.05) is 11.4 Å². The van der Waals surface area contributed by atoms with Crippen molar-refractivity contribution in [3.8, 4) is 11.1 Å². The first-order chi connectivity index (χ1) is 20.4. The van der Waals surface area contributed by atoms with Crippen LogP contribution in [0.5, 0.6) is 0 Å². The van der Waals surface area contributed by atoms with E-state index in [-0.39, 0.29) is 11.8 Å². The lowest BCUT2D eigenvalue weighted by Crippen LogP contribution is -2.15. The number of hydrogen-bond acceptors (Lipinski definition) is 2. The Labute approximate surface area is 246 Å². The second-order valence-corrected chi connectivity index (χ2v) is 10.8. The Morgan fingerprint density at radius 1 is 0.500 bits per heavy atom. The first-order valence-electron chi connectivity index (χ1n) is 14.2. The van der Waals surface area contributed by atoms with E-state index in [2.05, 4.69) is 59.2 Å². The van der Waals surface area contributed by atoms with Gasteiger partial charge in [0.2, 0.25) is 11.8 Å². The van der Waals surface area contributed by atoms with Gasteiger partial charge < -0.3 is 10.6 Å². The van der Waals surface area contributed by atoms with Gasteiger partial charge >= 0.3 is 0 Å². The maximum absolute atomic E-state index is 12.9. The highest BCUT2D eigenvalue weighted by atomic mass is 16.2. The van der Waals surface area contributed by atoms with Gasteiger partial charge in [0.25, 0.3) is 0 Å². The summed E-state index contributed by atoms with van der Waals surface area (Å²) in [5.74, 6) is -0.0803. The highest BCUT2D eigenvalue weighted by molar-refractivity contribution is 5.98. The van der Waals surface area contributed by atoms with E-state index >= 15 is 0 Å². The van der Waals surface area contributed by atoms with Gasteiger partial charge in [0.1, 0.15) is 0 Å². The number of fused-ring (bicyclic) bond motifs is 2. The number of amides is 2. The van der Waals surface area contributed by atoms with Crippen molar-refractivity contribution in [3.63, 3.8) is 0 Å². The molecule has 0 heterocycles. The smallest absolute Gasteiger partial charge is 0.228 e. The lowest BCUT2D eigenvalue weighted by Gasteiger charge is -2.14. The van der Waals surface area contributed by atoms with Gasteiger partial charge in [-0.15, -0.1) is 0 Å². The average molecular weight is 549 g/mol. The fourth-order valence-electron chi connectivity index (χ4n) is 5.59. The van der Waals surface area contributed by atoms with Gasteiger partial charge in [0.05, 0.1) is 12.8 Å². The summed E-state index contributed by atoms with van der Waals surface area (Å²) in [4.78, 5) is 25.9. The Kier molecular flexibility index (Phi) is 7.52. The zero-order chi connectivity index (χ0) is 29.1. The van der Waals surface area contributed by atoms with Crippen LogP contribution < -0.4 is 10.6 Å². The second-order valence-electron chi connectivity index (χ2n) is 10.8. The minimum atomic E-state index is -0.0401. The van der Waals surface area contributed by atoms with E-state index in [0.717, 1.165) is 66.3 Å². The number of nitrogens with one attached hydrogen (secondary N) is 2. The first kappa shape index (κ1) is 27.0. The quantitative estimate of drug-likeness (QED) is 0.210. The average Bonchev–Trinajstić information content (AvgIpc) is 2.99. The largest absolute Gasteiger partial charge is 0.326 e. The molecule has 0 aromatic heterocycles. The molecule has 4 nitrogen and oxygen atoms in total. The third-order valence-corrected chi connectivity index (χ3v) is 7.80. The summed E-state index contributed by atoms with van der Waals surface area (Å²) < 4.78 is 0. The van der Waals surface area contributed by atoms with Crippen molar-refractivity contribution in [2.45, 2.75) is 26.7 Å². The van der Waals surface area contributed by atoms with Crippen LogP contribution in [-0.4, -0.2) is 11.8 Å². The van der Waals surface area contributed by atoms with Crippen LogP contribution in [0.15, 0.2) is 121 Å². The highest BCUT2D eigenvalue weighted by Gasteiger charge is 2.12. The molecule has 6 aromatic rings. The lowest BCUT2D eigenvalue weighted by molar-refractivity contribution is -0.116. The summed E-state index contributed by atoms with van der Waals surface area (Å²) in [7, 11) is 0. The van der Waals surface area contributed by atoms with Crippen molar-refractivity contribution < 1.29 is 9.59 Å². The Bertz CT molecular complexity index is 1800. The molecule has 206 valence electrons. The van der Waals surface area contributed by atoms with Crippen molar-refractivity contribution in [2.75, 3.05) is 10.6 Å². The van der Waals surface area contributed by atoms with Crippen LogP contribution in [0, 0.1) is 13.8 Å². The number of rotatable bonds is 7. The SMILES string of the molecule is Cc1cc(-c2ccc(NC(=O)Cc3cccc4ccccc34)c(C)c2)ccc1NC(=O)Cc1cccc2ccccc12. The predicted octanol–water partition coefficient (Wildman–Crippen LogP) is 8.64. The van der Waals surface area contributed by atoms with E-state index in [0.29, 0.717) is 12.8 Å². The van der Waals surface area contributed by atoms with E-state index < -0.39 is 0 Å². The van der Waals surface area contributed by atoms with Crippen molar-refractivity contribution in [3.05, 3.63) is 144 Å². The molecule has 6 rings (SSSR count). The molecule has 0 spiro atoms. The number of benzene rings is 6. The summed E-state index contributed by atoms with van der Waals surface area (Å²) in [5, 5.41) is 10.6. The van der Waals surface area contributed by atoms with Gasteiger partial charge in [-0.25, -0.2) is 0 Å². The Morgan fingerprint density at radius 3 is 1.33 bits per heavy atom. The normalized spacial score (nSPS) is 11.0.